The van der Waals surface area contributed by atoms with Crippen molar-refractivity contribution in [2.75, 3.05) is 26.4 Å². The van der Waals surface area contributed by atoms with E-state index in [2.05, 4.69) is 106 Å². The van der Waals surface area contributed by atoms with Gasteiger partial charge in [0.05, 0.1) is 52.6 Å². The standard InChI is InChI=1S/C36H32I2O6P2S7/c1-5-41-45(39,42-6-2)33-34(46(40,43-7-3)44-8-4)36(30-16-14-24(50-30)22-10-12-26(48-22)28-18-20-32(38)52-28)53-35(33)29-15-13-23(49-29)21-9-11-25(47-21)27-17-19-31(37)51-27/h9-20H,5-8H2,1-4H3. The SMILES string of the molecule is CCOP(=O)(OCC)c1c(-c2ccc(-c3ccc(-c4ccc(I)s4)s3)s2)sc(-c2ccc(-c3ccc(-c4ccc(I)s4)s3)s2)c1P(=O)(OCC)OCC. The predicted molar refractivity (Wildman–Crippen MR) is 251 cm³/mol. The molecule has 7 aromatic rings. The Bertz CT molecular complexity index is 2260. The summed E-state index contributed by atoms with van der Waals surface area (Å²) in [7, 11) is -8.07. The fourth-order valence-corrected chi connectivity index (χ4v) is 20.0. The van der Waals surface area contributed by atoms with Crippen LogP contribution in [0.2, 0.25) is 0 Å². The van der Waals surface area contributed by atoms with E-state index in [1.54, 1.807) is 95.7 Å². The lowest BCUT2D eigenvalue weighted by molar-refractivity contribution is 0.226. The maximum atomic E-state index is 15.1. The highest BCUT2D eigenvalue weighted by atomic mass is 127. The van der Waals surface area contributed by atoms with Crippen LogP contribution in [0, 0.1) is 5.77 Å². The molecular formula is C36H32I2O6P2S7. The Kier molecular flexibility index (Phi) is 13.6. The van der Waals surface area contributed by atoms with E-state index in [0.717, 1.165) is 29.3 Å². The summed E-state index contributed by atoms with van der Waals surface area (Å²) >= 11 is 16.4. The third kappa shape index (κ3) is 8.61. The molecule has 0 saturated heterocycles. The fourth-order valence-electron chi connectivity index (χ4n) is 5.55. The summed E-state index contributed by atoms with van der Waals surface area (Å²) in [5, 5.41) is 0.529. The minimum absolute atomic E-state index is 0.136. The Morgan fingerprint density at radius 1 is 0.396 bits per heavy atom. The Morgan fingerprint density at radius 3 is 0.906 bits per heavy atom. The van der Waals surface area contributed by atoms with E-state index in [1.807, 2.05) is 12.1 Å². The molecular weight excluding hydrogens is 1070 g/mol. The van der Waals surface area contributed by atoms with Crippen LogP contribution in [0.25, 0.3) is 58.5 Å². The summed E-state index contributed by atoms with van der Waals surface area (Å²) in [6.07, 6.45) is 0. The molecule has 6 nitrogen and oxygen atoms in total. The molecule has 0 spiro atoms. The van der Waals surface area contributed by atoms with Crippen molar-refractivity contribution in [3.8, 4) is 58.5 Å². The highest BCUT2D eigenvalue weighted by Crippen LogP contribution is 2.60. The first-order chi connectivity index (χ1) is 25.6. The third-order valence-electron chi connectivity index (χ3n) is 7.59. The summed E-state index contributed by atoms with van der Waals surface area (Å²) in [5.41, 5.74) is 0. The molecule has 7 heterocycles. The van der Waals surface area contributed by atoms with Crippen LogP contribution < -0.4 is 10.6 Å². The molecule has 53 heavy (non-hydrogen) atoms. The summed E-state index contributed by atoms with van der Waals surface area (Å²) in [6, 6.07) is 25.5. The molecule has 0 aliphatic carbocycles. The van der Waals surface area contributed by atoms with Crippen LogP contribution in [0.1, 0.15) is 27.7 Å². The second-order valence-electron chi connectivity index (χ2n) is 11.0. The van der Waals surface area contributed by atoms with Crippen LogP contribution in [-0.4, -0.2) is 26.4 Å². The van der Waals surface area contributed by atoms with Gasteiger partial charge in [0, 0.05) is 48.8 Å². The molecule has 0 bridgehead atoms. The van der Waals surface area contributed by atoms with Gasteiger partial charge in [-0.3, -0.25) is 9.13 Å². The summed E-state index contributed by atoms with van der Waals surface area (Å²) < 4.78 is 56.8. The Labute approximate surface area is 364 Å². The lowest BCUT2D eigenvalue weighted by atomic mass is 10.3. The summed E-state index contributed by atoms with van der Waals surface area (Å²) in [6.45, 7) is 7.68. The molecule has 7 aromatic heterocycles. The normalized spacial score (nSPS) is 12.3. The second-order valence-corrected chi connectivity index (χ2v) is 26.2. The predicted octanol–water partition coefficient (Wildman–Crippen LogP) is 15.1. The molecule has 0 N–H and O–H groups in total. The number of hydrogen-bond acceptors (Lipinski definition) is 13. The number of halogens is 2. The van der Waals surface area contributed by atoms with Gasteiger partial charge in [0.2, 0.25) is 0 Å². The van der Waals surface area contributed by atoms with Crippen LogP contribution in [0.4, 0.5) is 0 Å². The van der Waals surface area contributed by atoms with Gasteiger partial charge in [-0.2, -0.15) is 0 Å². The van der Waals surface area contributed by atoms with Gasteiger partial charge in [0.15, 0.2) is 0 Å². The van der Waals surface area contributed by atoms with E-state index in [4.69, 9.17) is 18.1 Å². The van der Waals surface area contributed by atoms with Crippen molar-refractivity contribution >= 4 is 150 Å². The number of hydrogen-bond donors (Lipinski definition) is 0. The highest BCUT2D eigenvalue weighted by Gasteiger charge is 2.46. The van der Waals surface area contributed by atoms with Crippen molar-refractivity contribution in [2.45, 2.75) is 27.7 Å². The van der Waals surface area contributed by atoms with Crippen molar-refractivity contribution in [3.05, 3.63) is 78.6 Å². The first-order valence-electron chi connectivity index (χ1n) is 16.5. The van der Waals surface area contributed by atoms with Crippen molar-refractivity contribution in [2.24, 2.45) is 0 Å². The van der Waals surface area contributed by atoms with Crippen LogP contribution in [-0.2, 0) is 27.2 Å². The van der Waals surface area contributed by atoms with E-state index in [0.29, 0.717) is 9.75 Å². The smallest absolute Gasteiger partial charge is 0.305 e. The third-order valence-corrected chi connectivity index (χ3v) is 22.9. The van der Waals surface area contributed by atoms with Crippen LogP contribution in [0.15, 0.2) is 72.8 Å². The second kappa shape index (κ2) is 17.7. The summed E-state index contributed by atoms with van der Waals surface area (Å²) in [5.74, 6) is 0. The quantitative estimate of drug-likeness (QED) is 0.0709. The van der Waals surface area contributed by atoms with Crippen molar-refractivity contribution in [3.63, 3.8) is 0 Å². The first-order valence-corrected chi connectivity index (χ1v) is 27.4. The number of rotatable bonds is 16. The molecule has 0 unspecified atom stereocenters. The molecule has 7 rings (SSSR count). The molecule has 0 saturated carbocycles. The van der Waals surface area contributed by atoms with Gasteiger partial charge in [0.25, 0.3) is 0 Å². The minimum atomic E-state index is -4.04. The van der Waals surface area contributed by atoms with E-state index < -0.39 is 15.2 Å². The van der Waals surface area contributed by atoms with Gasteiger partial charge in [-0.15, -0.1) is 79.4 Å². The number of thiophene rings is 7. The fraction of sp³-hybridized carbons (Fsp3) is 0.222. The van der Waals surface area contributed by atoms with E-state index >= 15 is 9.13 Å². The maximum Gasteiger partial charge on any atom is 0.363 e. The van der Waals surface area contributed by atoms with Gasteiger partial charge < -0.3 is 18.1 Å². The zero-order chi connectivity index (χ0) is 37.3. The van der Waals surface area contributed by atoms with Crippen LogP contribution in [0.3, 0.4) is 0 Å². The van der Waals surface area contributed by atoms with Gasteiger partial charge in [-0.25, -0.2) is 0 Å². The average molecular weight is 1100 g/mol. The Morgan fingerprint density at radius 2 is 0.642 bits per heavy atom. The largest absolute Gasteiger partial charge is 0.363 e. The molecule has 0 aromatic carbocycles. The highest BCUT2D eigenvalue weighted by molar-refractivity contribution is 14.1. The maximum absolute atomic E-state index is 15.1. The molecule has 0 fully saturated rings. The van der Waals surface area contributed by atoms with Gasteiger partial charge in [-0.05, 0) is 146 Å². The van der Waals surface area contributed by atoms with Crippen molar-refractivity contribution in [1.29, 1.82) is 0 Å². The van der Waals surface area contributed by atoms with Crippen molar-refractivity contribution in [1.82, 2.24) is 0 Å². The van der Waals surface area contributed by atoms with Crippen LogP contribution in [0.5, 0.6) is 0 Å². The van der Waals surface area contributed by atoms with E-state index in [9.17, 15) is 0 Å². The van der Waals surface area contributed by atoms with Gasteiger partial charge >= 0.3 is 15.2 Å². The monoisotopic (exact) mass is 1100 g/mol. The topological polar surface area (TPSA) is 71.1 Å². The zero-order valence-corrected chi connectivity index (χ0v) is 40.5. The summed E-state index contributed by atoms with van der Waals surface area (Å²) in [4.78, 5) is 12.5. The zero-order valence-electron chi connectivity index (χ0n) is 28.7. The molecule has 17 heteroatoms. The molecule has 0 amide bonds. The minimum Gasteiger partial charge on any atom is -0.305 e. The van der Waals surface area contributed by atoms with E-state index in [1.165, 1.54) is 36.6 Å². The first kappa shape index (κ1) is 40.8. The Hall–Kier alpha value is -0.340. The van der Waals surface area contributed by atoms with Crippen molar-refractivity contribution < 1.29 is 27.2 Å². The molecule has 0 radical (unpaired) electrons. The lowest BCUT2D eigenvalue weighted by Gasteiger charge is -2.23. The van der Waals surface area contributed by atoms with E-state index in [-0.39, 0.29) is 37.0 Å². The van der Waals surface area contributed by atoms with Gasteiger partial charge in [0.1, 0.15) is 0 Å². The molecule has 0 aliphatic heterocycles. The molecule has 0 aliphatic rings. The van der Waals surface area contributed by atoms with Gasteiger partial charge in [-0.1, -0.05) is 0 Å². The average Bonchev–Trinajstić information content (AvgIpc) is 3.97. The molecule has 0 atom stereocenters. The van der Waals surface area contributed by atoms with Crippen LogP contribution >= 0.6 is 140 Å². The lowest BCUT2D eigenvalue weighted by Crippen LogP contribution is -2.28. The molecule has 278 valence electrons. The Balaban J connectivity index is 1.40.